The molecule has 0 aliphatic heterocycles. The summed E-state index contributed by atoms with van der Waals surface area (Å²) in [5, 5.41) is 3.94. The molecule has 0 spiro atoms. The van der Waals surface area contributed by atoms with Gasteiger partial charge in [-0.3, -0.25) is 13.9 Å². The molecule has 0 saturated heterocycles. The molecule has 4 aromatic carbocycles. The standard InChI is InChI=1S/C27H18N2O/c30-27-22-16-8-7-15-21(22)25-23-17-9-10-18-24(23)28(19-11-3-1-4-12-19)26(25)29(27)20-13-5-2-6-14-20/h1-18H. The molecule has 3 nitrogen and oxygen atoms in total. The van der Waals surface area contributed by atoms with E-state index in [2.05, 4.69) is 41.0 Å². The smallest absolute Gasteiger partial charge is 0.264 e. The minimum atomic E-state index is -0.00992. The van der Waals surface area contributed by atoms with E-state index in [-0.39, 0.29) is 5.56 Å². The lowest BCUT2D eigenvalue weighted by Crippen LogP contribution is -2.20. The highest BCUT2D eigenvalue weighted by molar-refractivity contribution is 6.20. The maximum absolute atomic E-state index is 13.8. The molecule has 0 saturated carbocycles. The summed E-state index contributed by atoms with van der Waals surface area (Å²) in [4.78, 5) is 13.8. The van der Waals surface area contributed by atoms with E-state index in [0.29, 0.717) is 0 Å². The van der Waals surface area contributed by atoms with Gasteiger partial charge in [-0.15, -0.1) is 0 Å². The molecular weight excluding hydrogens is 368 g/mol. The Morgan fingerprint density at radius 2 is 0.967 bits per heavy atom. The Morgan fingerprint density at radius 1 is 0.467 bits per heavy atom. The van der Waals surface area contributed by atoms with Crippen LogP contribution < -0.4 is 5.56 Å². The summed E-state index contributed by atoms with van der Waals surface area (Å²) in [6, 6.07) is 36.4. The first-order chi connectivity index (χ1) is 14.8. The van der Waals surface area contributed by atoms with Crippen molar-refractivity contribution in [3.63, 3.8) is 0 Å². The van der Waals surface area contributed by atoms with Crippen molar-refractivity contribution in [1.29, 1.82) is 0 Å². The lowest BCUT2D eigenvalue weighted by molar-refractivity contribution is 0.997. The van der Waals surface area contributed by atoms with Gasteiger partial charge in [-0.25, -0.2) is 0 Å². The first-order valence-corrected chi connectivity index (χ1v) is 10.0. The molecule has 0 amide bonds. The van der Waals surface area contributed by atoms with E-state index in [9.17, 15) is 4.79 Å². The van der Waals surface area contributed by atoms with Crippen LogP contribution in [-0.4, -0.2) is 9.13 Å². The third-order valence-corrected chi connectivity index (χ3v) is 5.72. The van der Waals surface area contributed by atoms with E-state index in [1.165, 1.54) is 0 Å². The number of para-hydroxylation sites is 3. The monoisotopic (exact) mass is 386 g/mol. The Morgan fingerprint density at radius 3 is 1.63 bits per heavy atom. The largest absolute Gasteiger partial charge is 0.295 e. The van der Waals surface area contributed by atoms with E-state index in [4.69, 9.17) is 0 Å². The van der Waals surface area contributed by atoms with Crippen LogP contribution in [0.15, 0.2) is 114 Å². The van der Waals surface area contributed by atoms with Crippen LogP contribution in [0.3, 0.4) is 0 Å². The summed E-state index contributed by atoms with van der Waals surface area (Å²) in [5.41, 5.74) is 3.85. The maximum atomic E-state index is 13.8. The SMILES string of the molecule is O=c1c2ccccc2c2c3ccccc3n(-c3ccccc3)c2n1-c1ccccc1. The number of benzene rings is 4. The van der Waals surface area contributed by atoms with Crippen molar-refractivity contribution in [3.8, 4) is 11.4 Å². The van der Waals surface area contributed by atoms with Gasteiger partial charge in [-0.05, 0) is 41.8 Å². The molecule has 0 fully saturated rings. The minimum absolute atomic E-state index is 0.00992. The second-order valence-corrected chi connectivity index (χ2v) is 7.41. The van der Waals surface area contributed by atoms with Gasteiger partial charge in [0.1, 0.15) is 5.65 Å². The van der Waals surface area contributed by atoms with E-state index >= 15 is 0 Å². The van der Waals surface area contributed by atoms with Crippen LogP contribution in [0, 0.1) is 0 Å². The number of hydrogen-bond acceptors (Lipinski definition) is 1. The van der Waals surface area contributed by atoms with Crippen LogP contribution in [0.2, 0.25) is 0 Å². The highest BCUT2D eigenvalue weighted by Gasteiger charge is 2.20. The van der Waals surface area contributed by atoms with Crippen LogP contribution >= 0.6 is 0 Å². The molecule has 142 valence electrons. The van der Waals surface area contributed by atoms with Crippen molar-refractivity contribution < 1.29 is 0 Å². The predicted octanol–water partition coefficient (Wildman–Crippen LogP) is 6.09. The van der Waals surface area contributed by atoms with Crippen molar-refractivity contribution in [2.75, 3.05) is 0 Å². The van der Waals surface area contributed by atoms with Gasteiger partial charge in [0.05, 0.1) is 11.2 Å². The Bertz CT molecular complexity index is 1590. The summed E-state index contributed by atoms with van der Waals surface area (Å²) in [7, 11) is 0. The van der Waals surface area contributed by atoms with Gasteiger partial charge in [0.15, 0.2) is 0 Å². The number of rotatable bonds is 2. The Kier molecular flexibility index (Phi) is 3.62. The zero-order valence-electron chi connectivity index (χ0n) is 16.2. The third-order valence-electron chi connectivity index (χ3n) is 5.72. The Balaban J connectivity index is 1.98. The van der Waals surface area contributed by atoms with Gasteiger partial charge < -0.3 is 0 Å². The lowest BCUT2D eigenvalue weighted by Gasteiger charge is -2.15. The summed E-state index contributed by atoms with van der Waals surface area (Å²) < 4.78 is 4.05. The third kappa shape index (κ3) is 2.29. The average molecular weight is 386 g/mol. The van der Waals surface area contributed by atoms with Crippen molar-refractivity contribution in [1.82, 2.24) is 9.13 Å². The number of hydrogen-bond donors (Lipinski definition) is 0. The van der Waals surface area contributed by atoms with Gasteiger partial charge in [0.2, 0.25) is 0 Å². The van der Waals surface area contributed by atoms with E-state index in [1.807, 2.05) is 77.4 Å². The Labute approximate surface area is 173 Å². The molecule has 2 aromatic heterocycles. The van der Waals surface area contributed by atoms with Gasteiger partial charge in [-0.2, -0.15) is 0 Å². The number of nitrogens with zero attached hydrogens (tertiary/aromatic N) is 2. The van der Waals surface area contributed by atoms with Crippen molar-refractivity contribution >= 4 is 32.7 Å². The quantitative estimate of drug-likeness (QED) is 0.354. The highest BCUT2D eigenvalue weighted by atomic mass is 16.1. The fourth-order valence-corrected chi connectivity index (χ4v) is 4.46. The van der Waals surface area contributed by atoms with E-state index < -0.39 is 0 Å². The van der Waals surface area contributed by atoms with Gasteiger partial charge >= 0.3 is 0 Å². The number of fused-ring (bicyclic) bond motifs is 5. The van der Waals surface area contributed by atoms with Gasteiger partial charge in [0, 0.05) is 21.8 Å². The molecule has 0 aliphatic rings. The summed E-state index contributed by atoms with van der Waals surface area (Å²) in [6.45, 7) is 0. The van der Waals surface area contributed by atoms with Gasteiger partial charge in [0.25, 0.3) is 5.56 Å². The molecule has 6 aromatic rings. The van der Waals surface area contributed by atoms with E-state index in [0.717, 1.165) is 44.1 Å². The second-order valence-electron chi connectivity index (χ2n) is 7.41. The molecular formula is C27H18N2O. The second kappa shape index (κ2) is 6.46. The molecule has 3 heteroatoms. The van der Waals surface area contributed by atoms with Crippen LogP contribution in [0.4, 0.5) is 0 Å². The fraction of sp³-hybridized carbons (Fsp3) is 0. The van der Waals surface area contributed by atoms with Crippen LogP contribution in [0.5, 0.6) is 0 Å². The van der Waals surface area contributed by atoms with E-state index in [1.54, 1.807) is 0 Å². The first-order valence-electron chi connectivity index (χ1n) is 10.0. The predicted molar refractivity (Wildman–Crippen MR) is 124 cm³/mol. The van der Waals surface area contributed by atoms with Gasteiger partial charge in [-0.1, -0.05) is 72.8 Å². The molecule has 0 radical (unpaired) electrons. The first kappa shape index (κ1) is 16.8. The summed E-state index contributed by atoms with van der Waals surface area (Å²) in [5.74, 6) is 0. The van der Waals surface area contributed by atoms with Crippen molar-refractivity contribution in [2.24, 2.45) is 0 Å². The Hall–Kier alpha value is -4.11. The van der Waals surface area contributed by atoms with Crippen LogP contribution in [-0.2, 0) is 0 Å². The van der Waals surface area contributed by atoms with Crippen LogP contribution in [0.25, 0.3) is 44.1 Å². The molecule has 6 rings (SSSR count). The molecule has 30 heavy (non-hydrogen) atoms. The molecule has 0 unspecified atom stereocenters. The molecule has 0 aliphatic carbocycles. The summed E-state index contributed by atoms with van der Waals surface area (Å²) in [6.07, 6.45) is 0. The minimum Gasteiger partial charge on any atom is -0.295 e. The molecule has 0 atom stereocenters. The van der Waals surface area contributed by atoms with Crippen molar-refractivity contribution in [2.45, 2.75) is 0 Å². The number of aromatic nitrogens is 2. The van der Waals surface area contributed by atoms with Crippen LogP contribution in [0.1, 0.15) is 0 Å². The van der Waals surface area contributed by atoms with Crippen molar-refractivity contribution in [3.05, 3.63) is 120 Å². The average Bonchev–Trinajstić information content (AvgIpc) is 3.15. The number of pyridine rings is 1. The molecule has 0 bridgehead atoms. The topological polar surface area (TPSA) is 26.9 Å². The molecule has 2 heterocycles. The summed E-state index contributed by atoms with van der Waals surface area (Å²) >= 11 is 0. The maximum Gasteiger partial charge on any atom is 0.264 e. The highest BCUT2D eigenvalue weighted by Crippen LogP contribution is 2.36. The lowest BCUT2D eigenvalue weighted by atomic mass is 10.1. The normalized spacial score (nSPS) is 11.5. The fourth-order valence-electron chi connectivity index (χ4n) is 4.46. The molecule has 0 N–H and O–H groups in total. The zero-order valence-corrected chi connectivity index (χ0v) is 16.2. The zero-order chi connectivity index (χ0) is 20.1.